The molecule has 0 aliphatic carbocycles. The molecule has 1 amide bonds. The minimum absolute atomic E-state index is 0.437. The lowest BCUT2D eigenvalue weighted by atomic mass is 10.1. The quantitative estimate of drug-likeness (QED) is 0.661. The van der Waals surface area contributed by atoms with E-state index in [1.54, 1.807) is 18.3 Å². The van der Waals surface area contributed by atoms with Crippen molar-refractivity contribution < 1.29 is 4.79 Å². The minimum atomic E-state index is -0.437. The van der Waals surface area contributed by atoms with Gasteiger partial charge in [0, 0.05) is 12.7 Å². The Bertz CT molecular complexity index is 366. The maximum atomic E-state index is 11.2. The fourth-order valence-electron chi connectivity index (χ4n) is 1.86. The summed E-state index contributed by atoms with van der Waals surface area (Å²) < 4.78 is 0. The fraction of sp³-hybridized carbons (Fsp3) is 0.571. The van der Waals surface area contributed by atoms with E-state index >= 15 is 0 Å². The van der Waals surface area contributed by atoms with E-state index in [2.05, 4.69) is 17.2 Å². The number of rotatable bonds is 9. The second-order valence-electron chi connectivity index (χ2n) is 4.46. The predicted molar refractivity (Wildman–Crippen MR) is 74.6 cm³/mol. The van der Waals surface area contributed by atoms with Gasteiger partial charge in [0.2, 0.25) is 0 Å². The molecule has 4 heteroatoms. The second-order valence-corrected chi connectivity index (χ2v) is 4.46. The highest BCUT2D eigenvalue weighted by Gasteiger charge is 2.07. The molecule has 4 nitrogen and oxygen atoms in total. The highest BCUT2D eigenvalue weighted by atomic mass is 16.1. The topological polar surface area (TPSA) is 68.0 Å². The van der Waals surface area contributed by atoms with E-state index in [1.165, 1.54) is 32.1 Å². The zero-order chi connectivity index (χ0) is 13.2. The van der Waals surface area contributed by atoms with Gasteiger partial charge in [-0.2, -0.15) is 0 Å². The number of unbranched alkanes of at least 4 members (excludes halogenated alkanes) is 5. The van der Waals surface area contributed by atoms with Crippen molar-refractivity contribution in [3.05, 3.63) is 23.9 Å². The normalized spacial score (nSPS) is 10.3. The number of carbonyl (C=O) groups is 1. The van der Waals surface area contributed by atoms with Gasteiger partial charge < -0.3 is 11.1 Å². The average molecular weight is 249 g/mol. The van der Waals surface area contributed by atoms with Crippen LogP contribution in [-0.4, -0.2) is 17.4 Å². The van der Waals surface area contributed by atoms with Gasteiger partial charge >= 0.3 is 0 Å². The first-order chi connectivity index (χ1) is 8.75. The molecule has 0 radical (unpaired) electrons. The molecule has 0 unspecified atom stereocenters. The van der Waals surface area contributed by atoms with Crippen molar-refractivity contribution in [3.8, 4) is 0 Å². The third-order valence-electron chi connectivity index (χ3n) is 2.90. The Morgan fingerprint density at radius 3 is 2.72 bits per heavy atom. The van der Waals surface area contributed by atoms with Crippen molar-refractivity contribution in [2.24, 2.45) is 5.73 Å². The van der Waals surface area contributed by atoms with Gasteiger partial charge in [-0.15, -0.1) is 0 Å². The van der Waals surface area contributed by atoms with E-state index < -0.39 is 5.91 Å². The Morgan fingerprint density at radius 1 is 1.28 bits per heavy atom. The van der Waals surface area contributed by atoms with Gasteiger partial charge in [-0.3, -0.25) is 4.79 Å². The van der Waals surface area contributed by atoms with Crippen LogP contribution < -0.4 is 11.1 Å². The number of primary amides is 1. The lowest BCUT2D eigenvalue weighted by molar-refractivity contribution is 0.100. The monoisotopic (exact) mass is 249 g/mol. The number of pyridine rings is 1. The number of hydrogen-bond acceptors (Lipinski definition) is 3. The van der Waals surface area contributed by atoms with E-state index in [0.717, 1.165) is 13.0 Å². The summed E-state index contributed by atoms with van der Waals surface area (Å²) in [5.41, 5.74) is 5.74. The van der Waals surface area contributed by atoms with Crippen LogP contribution >= 0.6 is 0 Å². The molecule has 0 fully saturated rings. The number of amides is 1. The largest absolute Gasteiger partial charge is 0.369 e. The van der Waals surface area contributed by atoms with E-state index in [9.17, 15) is 4.79 Å². The molecule has 1 heterocycles. The van der Waals surface area contributed by atoms with Crippen molar-refractivity contribution in [2.75, 3.05) is 11.9 Å². The highest BCUT2D eigenvalue weighted by Crippen LogP contribution is 2.11. The second kappa shape index (κ2) is 8.50. The average Bonchev–Trinajstić information content (AvgIpc) is 2.38. The first-order valence-electron chi connectivity index (χ1n) is 6.74. The lowest BCUT2D eigenvalue weighted by Gasteiger charge is -2.08. The maximum absolute atomic E-state index is 11.2. The van der Waals surface area contributed by atoms with E-state index in [-0.39, 0.29) is 0 Å². The van der Waals surface area contributed by atoms with Gasteiger partial charge in [0.1, 0.15) is 5.82 Å². The summed E-state index contributed by atoms with van der Waals surface area (Å²) in [6.45, 7) is 3.05. The van der Waals surface area contributed by atoms with Crippen LogP contribution in [0.2, 0.25) is 0 Å². The Hall–Kier alpha value is -1.58. The van der Waals surface area contributed by atoms with Crippen molar-refractivity contribution in [1.29, 1.82) is 0 Å². The lowest BCUT2D eigenvalue weighted by Crippen LogP contribution is -2.15. The number of nitrogens with two attached hydrogens (primary N) is 1. The third kappa shape index (κ3) is 5.17. The standard InChI is InChI=1S/C14H23N3O/c1-2-3-4-5-6-7-10-16-14-12(13(15)18)9-8-11-17-14/h8-9,11H,2-7,10H2,1H3,(H2,15,18)(H,16,17). The van der Waals surface area contributed by atoms with Crippen LogP contribution in [0.25, 0.3) is 0 Å². The first kappa shape index (κ1) is 14.5. The van der Waals surface area contributed by atoms with Gasteiger partial charge in [-0.05, 0) is 18.6 Å². The molecule has 0 atom stereocenters. The molecule has 1 rings (SSSR count). The molecule has 1 aromatic heterocycles. The van der Waals surface area contributed by atoms with E-state index in [4.69, 9.17) is 5.73 Å². The van der Waals surface area contributed by atoms with Crippen LogP contribution in [0.3, 0.4) is 0 Å². The number of anilines is 1. The van der Waals surface area contributed by atoms with Gasteiger partial charge in [0.15, 0.2) is 0 Å². The summed E-state index contributed by atoms with van der Waals surface area (Å²) in [6.07, 6.45) is 9.15. The van der Waals surface area contributed by atoms with E-state index in [1.807, 2.05) is 0 Å². The Kier molecular flexibility index (Phi) is 6.84. The van der Waals surface area contributed by atoms with Crippen molar-refractivity contribution in [1.82, 2.24) is 4.98 Å². The molecule has 0 spiro atoms. The van der Waals surface area contributed by atoms with Crippen LogP contribution in [0.1, 0.15) is 55.8 Å². The Labute approximate surface area is 109 Å². The summed E-state index contributed by atoms with van der Waals surface area (Å²) >= 11 is 0. The van der Waals surface area contributed by atoms with Crippen LogP contribution in [0.4, 0.5) is 5.82 Å². The zero-order valence-corrected chi connectivity index (χ0v) is 11.1. The summed E-state index contributed by atoms with van der Waals surface area (Å²) in [5, 5.41) is 3.17. The minimum Gasteiger partial charge on any atom is -0.369 e. The maximum Gasteiger partial charge on any atom is 0.252 e. The first-order valence-corrected chi connectivity index (χ1v) is 6.74. The SMILES string of the molecule is CCCCCCCCNc1ncccc1C(N)=O. The summed E-state index contributed by atoms with van der Waals surface area (Å²) in [6, 6.07) is 3.41. The summed E-state index contributed by atoms with van der Waals surface area (Å²) in [7, 11) is 0. The Balaban J connectivity index is 2.25. The molecule has 3 N–H and O–H groups in total. The number of nitrogens with one attached hydrogen (secondary N) is 1. The number of nitrogens with zero attached hydrogens (tertiary/aromatic N) is 1. The number of aromatic nitrogens is 1. The van der Waals surface area contributed by atoms with Crippen LogP contribution in [0.5, 0.6) is 0 Å². The number of carbonyl (C=O) groups excluding carboxylic acids is 1. The summed E-state index contributed by atoms with van der Waals surface area (Å²) in [5.74, 6) is 0.159. The van der Waals surface area contributed by atoms with Gasteiger partial charge in [0.05, 0.1) is 5.56 Å². The molecular formula is C14H23N3O. The zero-order valence-electron chi connectivity index (χ0n) is 11.1. The van der Waals surface area contributed by atoms with Crippen molar-refractivity contribution >= 4 is 11.7 Å². The summed E-state index contributed by atoms with van der Waals surface area (Å²) in [4.78, 5) is 15.3. The van der Waals surface area contributed by atoms with E-state index in [0.29, 0.717) is 11.4 Å². The molecule has 18 heavy (non-hydrogen) atoms. The molecule has 0 aliphatic rings. The van der Waals surface area contributed by atoms with Crippen molar-refractivity contribution in [2.45, 2.75) is 45.4 Å². The molecule has 100 valence electrons. The Morgan fingerprint density at radius 2 is 2.00 bits per heavy atom. The van der Waals surface area contributed by atoms with Gasteiger partial charge in [0.25, 0.3) is 5.91 Å². The van der Waals surface area contributed by atoms with Crippen LogP contribution in [-0.2, 0) is 0 Å². The smallest absolute Gasteiger partial charge is 0.252 e. The highest BCUT2D eigenvalue weighted by molar-refractivity contribution is 5.97. The molecule has 0 aromatic carbocycles. The molecule has 0 bridgehead atoms. The van der Waals surface area contributed by atoms with Crippen LogP contribution in [0, 0.1) is 0 Å². The number of hydrogen-bond donors (Lipinski definition) is 2. The molecular weight excluding hydrogens is 226 g/mol. The molecule has 1 aromatic rings. The van der Waals surface area contributed by atoms with Crippen molar-refractivity contribution in [3.63, 3.8) is 0 Å². The van der Waals surface area contributed by atoms with Gasteiger partial charge in [-0.1, -0.05) is 39.0 Å². The van der Waals surface area contributed by atoms with Gasteiger partial charge in [-0.25, -0.2) is 4.98 Å². The third-order valence-corrected chi connectivity index (χ3v) is 2.90. The predicted octanol–water partition coefficient (Wildman–Crippen LogP) is 2.95. The fourth-order valence-corrected chi connectivity index (χ4v) is 1.86. The molecule has 0 saturated carbocycles. The van der Waals surface area contributed by atoms with Crippen LogP contribution in [0.15, 0.2) is 18.3 Å². The molecule has 0 saturated heterocycles. The molecule has 0 aliphatic heterocycles.